The first-order valence-corrected chi connectivity index (χ1v) is 9.78. The predicted octanol–water partition coefficient (Wildman–Crippen LogP) is 3.75. The van der Waals surface area contributed by atoms with Crippen molar-refractivity contribution in [3.63, 3.8) is 0 Å². The van der Waals surface area contributed by atoms with Gasteiger partial charge in [0.15, 0.2) is 5.65 Å². The van der Waals surface area contributed by atoms with Crippen LogP contribution in [-0.2, 0) is 0 Å². The highest BCUT2D eigenvalue weighted by molar-refractivity contribution is 5.98. The second kappa shape index (κ2) is 8.83. The zero-order valence-electron chi connectivity index (χ0n) is 16.5. The number of rotatable bonds is 4. The molecule has 1 fully saturated rings. The summed E-state index contributed by atoms with van der Waals surface area (Å²) in [6, 6.07) is 9.59. The van der Waals surface area contributed by atoms with Crippen LogP contribution in [0.5, 0.6) is 11.6 Å². The molecule has 4 heterocycles. The molecule has 160 valence electrons. The van der Waals surface area contributed by atoms with Crippen LogP contribution in [0.15, 0.2) is 48.9 Å². The number of nitrogen functional groups attached to an aromatic ring is 1. The molecule has 1 aliphatic heterocycles. The lowest BCUT2D eigenvalue weighted by atomic mass is 10.1. The van der Waals surface area contributed by atoms with E-state index in [1.807, 2.05) is 10.7 Å². The Bertz CT molecular complexity index is 1180. The number of aromatic nitrogens is 5. The summed E-state index contributed by atoms with van der Waals surface area (Å²) in [6.45, 7) is 1.85. The van der Waals surface area contributed by atoms with Crippen molar-refractivity contribution >= 4 is 29.3 Å². The van der Waals surface area contributed by atoms with Crippen molar-refractivity contribution in [3.8, 4) is 22.9 Å². The minimum absolute atomic E-state index is 0. The summed E-state index contributed by atoms with van der Waals surface area (Å²) in [4.78, 5) is 13.0. The third kappa shape index (κ3) is 4.14. The fourth-order valence-corrected chi connectivity index (χ4v) is 3.70. The molecular weight excluding hydrogens is 421 g/mol. The lowest BCUT2D eigenvalue weighted by Crippen LogP contribution is -2.32. The molecule has 0 radical (unpaired) electrons. The van der Waals surface area contributed by atoms with Crippen molar-refractivity contribution in [3.05, 3.63) is 54.7 Å². The number of piperidine rings is 1. The fraction of sp³-hybridized carbons (Fsp3) is 0.238. The molecule has 0 bridgehead atoms. The van der Waals surface area contributed by atoms with E-state index in [4.69, 9.17) is 15.6 Å². The first kappa shape index (κ1) is 21.0. The molecule has 5 rings (SSSR count). The molecule has 3 aromatic heterocycles. The largest absolute Gasteiger partial charge is 0.439 e. The van der Waals surface area contributed by atoms with Crippen LogP contribution in [0.3, 0.4) is 0 Å². The van der Waals surface area contributed by atoms with Crippen LogP contribution < -0.4 is 15.8 Å². The van der Waals surface area contributed by atoms with Crippen LogP contribution in [0.25, 0.3) is 22.3 Å². The van der Waals surface area contributed by atoms with Crippen LogP contribution in [0.4, 0.5) is 10.2 Å². The number of hydrogen-bond acceptors (Lipinski definition) is 7. The van der Waals surface area contributed by atoms with Gasteiger partial charge in [-0.2, -0.15) is 5.10 Å². The number of fused-ring (bicyclic) bond motifs is 1. The summed E-state index contributed by atoms with van der Waals surface area (Å²) in [5.74, 6) is 0.973. The lowest BCUT2D eigenvalue weighted by molar-refractivity contribution is 0.354. The predicted molar refractivity (Wildman–Crippen MR) is 118 cm³/mol. The summed E-state index contributed by atoms with van der Waals surface area (Å²) in [6.07, 6.45) is 5.25. The number of ether oxygens (including phenoxy) is 1. The van der Waals surface area contributed by atoms with E-state index in [2.05, 4.69) is 20.3 Å². The van der Waals surface area contributed by atoms with Gasteiger partial charge in [0.1, 0.15) is 29.4 Å². The standard InChI is InChI=1S/C21H20FN7O.ClH/c22-14-4-6-16(7-5-14)30-17-8-3-13(10-25-17)19-18-20(23)26-12-27-21(18)29(28-19)15-2-1-9-24-11-15;/h3-8,10,12,15,24H,1-2,9,11H2,(H2,23,26,27);1H. The van der Waals surface area contributed by atoms with Crippen molar-refractivity contribution in [2.75, 3.05) is 18.8 Å². The van der Waals surface area contributed by atoms with Crippen molar-refractivity contribution < 1.29 is 9.13 Å². The second-order valence-corrected chi connectivity index (χ2v) is 7.19. The molecule has 0 aliphatic carbocycles. The Labute approximate surface area is 184 Å². The zero-order valence-corrected chi connectivity index (χ0v) is 17.3. The smallest absolute Gasteiger partial charge is 0.219 e. The summed E-state index contributed by atoms with van der Waals surface area (Å²) < 4.78 is 20.7. The fourth-order valence-electron chi connectivity index (χ4n) is 3.70. The minimum Gasteiger partial charge on any atom is -0.439 e. The van der Waals surface area contributed by atoms with Gasteiger partial charge in [-0.25, -0.2) is 24.0 Å². The minimum atomic E-state index is -0.318. The van der Waals surface area contributed by atoms with E-state index < -0.39 is 0 Å². The molecule has 8 nitrogen and oxygen atoms in total. The topological polar surface area (TPSA) is 104 Å². The Balaban J connectivity index is 0.00000231. The Morgan fingerprint density at radius 3 is 2.65 bits per heavy atom. The number of hydrogen-bond donors (Lipinski definition) is 2. The van der Waals surface area contributed by atoms with Crippen LogP contribution in [0.2, 0.25) is 0 Å². The average Bonchev–Trinajstić information content (AvgIpc) is 3.18. The molecule has 0 spiro atoms. The van der Waals surface area contributed by atoms with Crippen LogP contribution >= 0.6 is 12.4 Å². The normalized spacial score (nSPS) is 16.1. The molecule has 1 aliphatic rings. The van der Waals surface area contributed by atoms with Crippen molar-refractivity contribution in [2.24, 2.45) is 0 Å². The summed E-state index contributed by atoms with van der Waals surface area (Å²) >= 11 is 0. The summed E-state index contributed by atoms with van der Waals surface area (Å²) in [5.41, 5.74) is 8.38. The number of pyridine rings is 1. The third-order valence-corrected chi connectivity index (χ3v) is 5.18. The van der Waals surface area contributed by atoms with E-state index in [1.165, 1.54) is 18.5 Å². The number of halogens is 2. The Hall–Kier alpha value is -3.30. The van der Waals surface area contributed by atoms with Gasteiger partial charge >= 0.3 is 0 Å². The molecule has 1 unspecified atom stereocenters. The monoisotopic (exact) mass is 441 g/mol. The Morgan fingerprint density at radius 1 is 1.10 bits per heavy atom. The maximum atomic E-state index is 13.1. The number of nitrogens with two attached hydrogens (primary N) is 1. The SMILES string of the molecule is Cl.Nc1ncnc2c1c(-c1ccc(Oc3ccc(F)cc3)nc1)nn2C1CCCNC1. The maximum absolute atomic E-state index is 13.1. The summed E-state index contributed by atoms with van der Waals surface area (Å²) in [7, 11) is 0. The van der Waals surface area contributed by atoms with E-state index in [9.17, 15) is 4.39 Å². The number of nitrogens with zero attached hydrogens (tertiary/aromatic N) is 5. The third-order valence-electron chi connectivity index (χ3n) is 5.18. The van der Waals surface area contributed by atoms with E-state index in [-0.39, 0.29) is 24.3 Å². The molecule has 3 N–H and O–H groups in total. The highest BCUT2D eigenvalue weighted by atomic mass is 35.5. The number of nitrogens with one attached hydrogen (secondary N) is 1. The molecule has 1 saturated heterocycles. The highest BCUT2D eigenvalue weighted by Crippen LogP contribution is 2.33. The van der Waals surface area contributed by atoms with Crippen molar-refractivity contribution in [1.82, 2.24) is 30.0 Å². The van der Waals surface area contributed by atoms with Gasteiger partial charge < -0.3 is 15.8 Å². The van der Waals surface area contributed by atoms with E-state index in [0.29, 0.717) is 23.1 Å². The van der Waals surface area contributed by atoms with Gasteiger partial charge in [0.05, 0.1) is 11.4 Å². The van der Waals surface area contributed by atoms with Gasteiger partial charge in [0.25, 0.3) is 0 Å². The summed E-state index contributed by atoms with van der Waals surface area (Å²) in [5, 5.41) is 8.97. The molecule has 4 aromatic rings. The molecular formula is C21H21ClFN7O. The highest BCUT2D eigenvalue weighted by Gasteiger charge is 2.23. The first-order valence-electron chi connectivity index (χ1n) is 9.78. The van der Waals surface area contributed by atoms with Gasteiger partial charge in [-0.15, -0.1) is 12.4 Å². The van der Waals surface area contributed by atoms with Gasteiger partial charge in [-0.1, -0.05) is 0 Å². The average molecular weight is 442 g/mol. The molecule has 1 atom stereocenters. The first-order chi connectivity index (χ1) is 14.7. The van der Waals surface area contributed by atoms with Gasteiger partial charge in [0, 0.05) is 24.4 Å². The van der Waals surface area contributed by atoms with Gasteiger partial charge in [0.2, 0.25) is 5.88 Å². The zero-order chi connectivity index (χ0) is 20.5. The number of benzene rings is 1. The quantitative estimate of drug-likeness (QED) is 0.497. The molecule has 0 amide bonds. The van der Waals surface area contributed by atoms with Gasteiger partial charge in [-0.3, -0.25) is 0 Å². The Morgan fingerprint density at radius 2 is 1.94 bits per heavy atom. The van der Waals surface area contributed by atoms with Crippen LogP contribution in [-0.4, -0.2) is 37.8 Å². The Kier molecular flexibility index (Phi) is 5.97. The molecule has 10 heteroatoms. The van der Waals surface area contributed by atoms with Crippen molar-refractivity contribution in [1.29, 1.82) is 0 Å². The molecule has 0 saturated carbocycles. The second-order valence-electron chi connectivity index (χ2n) is 7.19. The van der Waals surface area contributed by atoms with Crippen LogP contribution in [0.1, 0.15) is 18.9 Å². The molecule has 31 heavy (non-hydrogen) atoms. The maximum Gasteiger partial charge on any atom is 0.219 e. The van der Waals surface area contributed by atoms with Crippen LogP contribution in [0, 0.1) is 5.82 Å². The van der Waals surface area contributed by atoms with Gasteiger partial charge in [-0.05, 0) is 49.7 Å². The number of anilines is 1. The van der Waals surface area contributed by atoms with E-state index >= 15 is 0 Å². The van der Waals surface area contributed by atoms with E-state index in [1.54, 1.807) is 24.4 Å². The molecule has 1 aromatic carbocycles. The van der Waals surface area contributed by atoms with E-state index in [0.717, 1.165) is 42.5 Å². The van der Waals surface area contributed by atoms with Crippen molar-refractivity contribution in [2.45, 2.75) is 18.9 Å². The lowest BCUT2D eigenvalue weighted by Gasteiger charge is -2.23.